The minimum atomic E-state index is -1.21. The lowest BCUT2D eigenvalue weighted by Gasteiger charge is -2.41. The molecule has 0 spiro atoms. The number of ketones is 1. The van der Waals surface area contributed by atoms with Gasteiger partial charge in [-0.05, 0) is 56.6 Å². The second-order valence-corrected chi connectivity index (χ2v) is 7.85. The third-order valence-electron chi connectivity index (χ3n) is 5.90. The van der Waals surface area contributed by atoms with Crippen molar-refractivity contribution in [3.63, 3.8) is 0 Å². The van der Waals surface area contributed by atoms with E-state index >= 15 is 0 Å². The summed E-state index contributed by atoms with van der Waals surface area (Å²) in [6.07, 6.45) is 3.86. The highest BCUT2D eigenvalue weighted by Crippen LogP contribution is 2.40. The molecule has 148 valence electrons. The van der Waals surface area contributed by atoms with E-state index in [0.717, 1.165) is 31.7 Å². The maximum absolute atomic E-state index is 13.9. The van der Waals surface area contributed by atoms with Crippen molar-refractivity contribution in [2.45, 2.75) is 70.0 Å². The first kappa shape index (κ1) is 19.9. The first-order valence-corrected chi connectivity index (χ1v) is 9.45. The molecule has 2 bridgehead atoms. The second kappa shape index (κ2) is 8.00. The Morgan fingerprint density at radius 3 is 2.26 bits per heavy atom. The largest absolute Gasteiger partial charge is 0.337 e. The van der Waals surface area contributed by atoms with Gasteiger partial charge in [-0.15, -0.1) is 0 Å². The predicted molar refractivity (Wildman–Crippen MR) is 94.3 cm³/mol. The number of rotatable bonds is 6. The molecule has 0 saturated carbocycles. The van der Waals surface area contributed by atoms with E-state index in [-0.39, 0.29) is 60.6 Å². The molecule has 2 aliphatic rings. The maximum atomic E-state index is 13.9. The number of carbonyl (C=O) groups is 2. The minimum absolute atomic E-state index is 0.00108. The smallest absolute Gasteiger partial charge is 0.223 e. The molecule has 2 N–H and O–H groups in total. The number of fused-ring (bicyclic) bond motifs is 2. The van der Waals surface area contributed by atoms with Crippen molar-refractivity contribution in [1.82, 2.24) is 4.90 Å². The summed E-state index contributed by atoms with van der Waals surface area (Å²) >= 11 is 0. The molecule has 2 saturated heterocycles. The van der Waals surface area contributed by atoms with Gasteiger partial charge >= 0.3 is 0 Å². The van der Waals surface area contributed by atoms with E-state index in [2.05, 4.69) is 0 Å². The number of amides is 1. The fraction of sp³-hybridized carbons (Fsp3) is 0.600. The van der Waals surface area contributed by atoms with Gasteiger partial charge in [0.1, 0.15) is 11.6 Å². The maximum Gasteiger partial charge on any atom is 0.223 e. The Bertz CT molecular complexity index is 726. The van der Waals surface area contributed by atoms with E-state index in [1.807, 2.05) is 4.90 Å². The quantitative estimate of drug-likeness (QED) is 0.769. The average molecular weight is 382 g/mol. The number of hydrogen-bond acceptors (Lipinski definition) is 3. The van der Waals surface area contributed by atoms with E-state index in [4.69, 9.17) is 5.73 Å². The van der Waals surface area contributed by atoms with Crippen LogP contribution in [0.5, 0.6) is 0 Å². The summed E-state index contributed by atoms with van der Waals surface area (Å²) in [6, 6.07) is 1.22. The van der Waals surface area contributed by atoms with E-state index in [1.165, 1.54) is 6.92 Å². The molecular weight excluding hydrogens is 357 g/mol. The van der Waals surface area contributed by atoms with Crippen molar-refractivity contribution in [3.8, 4) is 0 Å². The van der Waals surface area contributed by atoms with Crippen LogP contribution in [0.4, 0.5) is 13.2 Å². The van der Waals surface area contributed by atoms with Crippen LogP contribution in [0, 0.1) is 23.4 Å². The number of benzene rings is 1. The van der Waals surface area contributed by atoms with Gasteiger partial charge in [-0.1, -0.05) is 0 Å². The summed E-state index contributed by atoms with van der Waals surface area (Å²) < 4.78 is 40.4. The number of nitrogens with zero attached hydrogens (tertiary/aromatic N) is 1. The Kier molecular flexibility index (Phi) is 5.89. The number of nitrogens with two attached hydrogens (primary N) is 1. The van der Waals surface area contributed by atoms with Gasteiger partial charge in [-0.25, -0.2) is 13.2 Å². The molecule has 1 aromatic rings. The van der Waals surface area contributed by atoms with E-state index in [1.54, 1.807) is 0 Å². The summed E-state index contributed by atoms with van der Waals surface area (Å²) in [6.45, 7) is 1.48. The number of halogens is 3. The van der Waals surface area contributed by atoms with Gasteiger partial charge < -0.3 is 15.4 Å². The highest BCUT2D eigenvalue weighted by molar-refractivity contribution is 5.84. The monoisotopic (exact) mass is 382 g/mol. The highest BCUT2D eigenvalue weighted by Gasteiger charge is 2.44. The third kappa shape index (κ3) is 4.34. The van der Waals surface area contributed by atoms with Crippen LogP contribution in [0.2, 0.25) is 0 Å². The van der Waals surface area contributed by atoms with Gasteiger partial charge in [-0.2, -0.15) is 0 Å². The van der Waals surface area contributed by atoms with E-state index in [0.29, 0.717) is 6.07 Å². The molecule has 4 nitrogen and oxygen atoms in total. The molecular formula is C20H25F3N2O2. The van der Waals surface area contributed by atoms with Crippen LogP contribution in [-0.4, -0.2) is 34.7 Å². The normalized spacial score (nSPS) is 25.5. The van der Waals surface area contributed by atoms with Gasteiger partial charge in [-0.3, -0.25) is 4.79 Å². The molecule has 4 atom stereocenters. The van der Waals surface area contributed by atoms with Gasteiger partial charge in [0, 0.05) is 37.0 Å². The Balaban J connectivity index is 1.63. The highest BCUT2D eigenvalue weighted by atomic mass is 19.2. The molecule has 3 rings (SSSR count). The van der Waals surface area contributed by atoms with Crippen LogP contribution in [0.15, 0.2) is 12.1 Å². The second-order valence-electron chi connectivity index (χ2n) is 7.85. The fourth-order valence-electron chi connectivity index (χ4n) is 4.53. The third-order valence-corrected chi connectivity index (χ3v) is 5.90. The molecule has 2 heterocycles. The molecule has 2 fully saturated rings. The molecule has 27 heavy (non-hydrogen) atoms. The summed E-state index contributed by atoms with van der Waals surface area (Å²) in [5, 5.41) is 0. The van der Waals surface area contributed by atoms with Crippen LogP contribution in [-0.2, 0) is 16.0 Å². The van der Waals surface area contributed by atoms with Gasteiger partial charge in [0.05, 0.1) is 0 Å². The molecule has 1 unspecified atom stereocenters. The van der Waals surface area contributed by atoms with Gasteiger partial charge in [0.15, 0.2) is 11.6 Å². The zero-order valence-electron chi connectivity index (χ0n) is 15.4. The molecule has 0 aliphatic carbocycles. The zero-order chi connectivity index (χ0) is 19.7. The van der Waals surface area contributed by atoms with Crippen LogP contribution in [0.25, 0.3) is 0 Å². The SMILES string of the molecule is CC(=O)CCC(=O)N1[C@@H]2CC[C@H]1CC([C@H](N)Cc1cc(F)c(F)cc1F)C2. The summed E-state index contributed by atoms with van der Waals surface area (Å²) in [7, 11) is 0. The summed E-state index contributed by atoms with van der Waals surface area (Å²) in [5.74, 6) is -2.97. The lowest BCUT2D eigenvalue weighted by molar-refractivity contribution is -0.137. The van der Waals surface area contributed by atoms with Crippen molar-refractivity contribution in [2.24, 2.45) is 11.7 Å². The standard InChI is InChI=1S/C20H25F3N2O2/c1-11(26)2-5-20(27)25-14-3-4-15(25)7-13(6-14)19(24)9-12-8-17(22)18(23)10-16(12)21/h8,10,13-15,19H,2-7,9,24H2,1H3/t13?,14-,15+,19-/m1/s1. The van der Waals surface area contributed by atoms with Crippen LogP contribution in [0.3, 0.4) is 0 Å². The average Bonchev–Trinajstić information content (AvgIpc) is 2.87. The first-order valence-electron chi connectivity index (χ1n) is 9.45. The number of carbonyl (C=O) groups excluding carboxylic acids is 2. The number of Topliss-reactive ketones (excluding diaryl/α,β-unsaturated/α-hetero) is 1. The molecule has 1 amide bonds. The van der Waals surface area contributed by atoms with Crippen LogP contribution < -0.4 is 5.73 Å². The summed E-state index contributed by atoms with van der Waals surface area (Å²) in [4.78, 5) is 25.5. The minimum Gasteiger partial charge on any atom is -0.337 e. The molecule has 0 radical (unpaired) electrons. The van der Waals surface area contributed by atoms with Crippen molar-refractivity contribution in [3.05, 3.63) is 35.1 Å². The molecule has 7 heteroatoms. The molecule has 1 aromatic carbocycles. The van der Waals surface area contributed by atoms with Crippen molar-refractivity contribution in [2.75, 3.05) is 0 Å². The van der Waals surface area contributed by atoms with E-state index in [9.17, 15) is 22.8 Å². The van der Waals surface area contributed by atoms with Crippen molar-refractivity contribution in [1.29, 1.82) is 0 Å². The number of hydrogen-bond donors (Lipinski definition) is 1. The van der Waals surface area contributed by atoms with Gasteiger partial charge in [0.2, 0.25) is 5.91 Å². The number of piperidine rings is 1. The van der Waals surface area contributed by atoms with Crippen molar-refractivity contribution < 1.29 is 22.8 Å². The van der Waals surface area contributed by atoms with Crippen molar-refractivity contribution >= 4 is 11.7 Å². The molecule has 0 aromatic heterocycles. The molecule has 2 aliphatic heterocycles. The fourth-order valence-corrected chi connectivity index (χ4v) is 4.53. The Hall–Kier alpha value is -1.89. The lowest BCUT2D eigenvalue weighted by atomic mass is 9.82. The Morgan fingerprint density at radius 2 is 1.67 bits per heavy atom. The lowest BCUT2D eigenvalue weighted by Crippen LogP contribution is -2.50. The Labute approximate surface area is 156 Å². The first-order chi connectivity index (χ1) is 12.8. The van der Waals surface area contributed by atoms with Crippen LogP contribution in [0.1, 0.15) is 51.0 Å². The predicted octanol–water partition coefficient (Wildman–Crippen LogP) is 3.11. The Morgan fingerprint density at radius 1 is 1.07 bits per heavy atom. The van der Waals surface area contributed by atoms with E-state index < -0.39 is 17.5 Å². The zero-order valence-corrected chi connectivity index (χ0v) is 15.4. The topological polar surface area (TPSA) is 63.4 Å². The van der Waals surface area contributed by atoms with Gasteiger partial charge in [0.25, 0.3) is 0 Å². The summed E-state index contributed by atoms with van der Waals surface area (Å²) in [5.41, 5.74) is 6.36. The van der Waals surface area contributed by atoms with Crippen LogP contribution >= 0.6 is 0 Å².